The molecular formula is C12H17NO3S. The van der Waals surface area contributed by atoms with Crippen molar-refractivity contribution in [3.8, 4) is 0 Å². The highest BCUT2D eigenvalue weighted by molar-refractivity contribution is 7.90. The largest absolute Gasteiger partial charge is 0.330 e. The Kier molecular flexibility index (Phi) is 4.42. The zero-order valence-corrected chi connectivity index (χ0v) is 10.8. The third-order valence-electron chi connectivity index (χ3n) is 2.72. The Labute approximate surface area is 102 Å². The molecular weight excluding hydrogens is 238 g/mol. The quantitative estimate of drug-likeness (QED) is 0.803. The molecule has 5 heteroatoms. The third-order valence-corrected chi connectivity index (χ3v) is 3.84. The maximum Gasteiger partial charge on any atom is 0.175 e. The molecule has 1 aromatic rings. The molecule has 0 spiro atoms. The first-order chi connectivity index (χ1) is 7.90. The summed E-state index contributed by atoms with van der Waals surface area (Å²) in [6, 6.07) is 5.98. The lowest BCUT2D eigenvalue weighted by molar-refractivity contribution is 0.0921. The van der Waals surface area contributed by atoms with E-state index in [9.17, 15) is 13.2 Å². The highest BCUT2D eigenvalue weighted by Gasteiger charge is 2.17. The van der Waals surface area contributed by atoms with Crippen LogP contribution in [0.15, 0.2) is 29.2 Å². The molecule has 0 aliphatic heterocycles. The van der Waals surface area contributed by atoms with Crippen LogP contribution in [0.5, 0.6) is 0 Å². The van der Waals surface area contributed by atoms with Crippen molar-refractivity contribution in [3.05, 3.63) is 29.8 Å². The van der Waals surface area contributed by atoms with Crippen LogP contribution in [0, 0.1) is 5.92 Å². The van der Waals surface area contributed by atoms with Crippen molar-refractivity contribution in [3.63, 3.8) is 0 Å². The molecule has 0 heterocycles. The molecule has 0 saturated heterocycles. The van der Waals surface area contributed by atoms with Gasteiger partial charge in [0.1, 0.15) is 0 Å². The summed E-state index contributed by atoms with van der Waals surface area (Å²) >= 11 is 0. The molecule has 0 bridgehead atoms. The molecule has 0 aromatic heterocycles. The van der Waals surface area contributed by atoms with E-state index in [4.69, 9.17) is 5.73 Å². The van der Waals surface area contributed by atoms with E-state index in [1.807, 2.05) is 6.92 Å². The van der Waals surface area contributed by atoms with Gasteiger partial charge in [-0.2, -0.15) is 0 Å². The van der Waals surface area contributed by atoms with Gasteiger partial charge >= 0.3 is 0 Å². The van der Waals surface area contributed by atoms with E-state index >= 15 is 0 Å². The molecule has 0 aliphatic rings. The first-order valence-corrected chi connectivity index (χ1v) is 7.33. The molecule has 0 aliphatic carbocycles. The lowest BCUT2D eigenvalue weighted by atomic mass is 9.95. The summed E-state index contributed by atoms with van der Waals surface area (Å²) in [4.78, 5) is 12.2. The monoisotopic (exact) mass is 255 g/mol. The van der Waals surface area contributed by atoms with Crippen molar-refractivity contribution >= 4 is 15.6 Å². The molecule has 94 valence electrons. The van der Waals surface area contributed by atoms with Crippen molar-refractivity contribution in [1.82, 2.24) is 0 Å². The van der Waals surface area contributed by atoms with E-state index in [2.05, 4.69) is 0 Å². The van der Waals surface area contributed by atoms with Gasteiger partial charge in [-0.25, -0.2) is 8.42 Å². The highest BCUT2D eigenvalue weighted by atomic mass is 32.2. The number of benzene rings is 1. The molecule has 2 N–H and O–H groups in total. The minimum atomic E-state index is -3.21. The fraction of sp³-hybridized carbons (Fsp3) is 0.417. The molecule has 4 nitrogen and oxygen atoms in total. The second kappa shape index (κ2) is 5.42. The number of hydrogen-bond acceptors (Lipinski definition) is 4. The summed E-state index contributed by atoms with van der Waals surface area (Å²) in [6.07, 6.45) is 1.82. The summed E-state index contributed by atoms with van der Waals surface area (Å²) in [5.74, 6) is -0.228. The number of sulfone groups is 1. The molecule has 1 unspecified atom stereocenters. The van der Waals surface area contributed by atoms with Gasteiger partial charge in [0.05, 0.1) is 4.90 Å². The SMILES string of the molecule is CCC(CN)C(=O)c1ccc(S(C)(=O)=O)cc1. The van der Waals surface area contributed by atoms with E-state index in [-0.39, 0.29) is 16.6 Å². The van der Waals surface area contributed by atoms with Crippen LogP contribution in [-0.4, -0.2) is 27.0 Å². The summed E-state index contributed by atoms with van der Waals surface area (Å²) < 4.78 is 22.5. The number of nitrogens with two attached hydrogens (primary N) is 1. The normalized spacial score (nSPS) is 13.4. The van der Waals surface area contributed by atoms with Gasteiger partial charge in [0, 0.05) is 24.3 Å². The van der Waals surface area contributed by atoms with Crippen molar-refractivity contribution in [2.24, 2.45) is 11.7 Å². The summed E-state index contributed by atoms with van der Waals surface area (Å²) in [7, 11) is -3.21. The second-order valence-electron chi connectivity index (χ2n) is 4.00. The number of Topliss-reactive ketones (excluding diaryl/α,β-unsaturated/α-hetero) is 1. The average Bonchev–Trinajstić information content (AvgIpc) is 2.29. The van der Waals surface area contributed by atoms with Gasteiger partial charge in [0.15, 0.2) is 15.6 Å². The fourth-order valence-electron chi connectivity index (χ4n) is 1.56. The van der Waals surface area contributed by atoms with Crippen molar-refractivity contribution in [2.75, 3.05) is 12.8 Å². The van der Waals surface area contributed by atoms with Gasteiger partial charge in [0.2, 0.25) is 0 Å². The number of carbonyl (C=O) groups is 1. The predicted octanol–water partition coefficient (Wildman–Crippen LogP) is 1.26. The molecule has 0 radical (unpaired) electrons. The van der Waals surface area contributed by atoms with Crippen LogP contribution in [0.3, 0.4) is 0 Å². The zero-order valence-electron chi connectivity index (χ0n) is 10.0. The third kappa shape index (κ3) is 3.38. The minimum Gasteiger partial charge on any atom is -0.330 e. The van der Waals surface area contributed by atoms with Crippen LogP contribution in [-0.2, 0) is 9.84 Å². The van der Waals surface area contributed by atoms with Crippen LogP contribution in [0.4, 0.5) is 0 Å². The predicted molar refractivity (Wildman–Crippen MR) is 66.7 cm³/mol. The van der Waals surface area contributed by atoms with Gasteiger partial charge in [-0.15, -0.1) is 0 Å². The van der Waals surface area contributed by atoms with Crippen LogP contribution in [0.1, 0.15) is 23.7 Å². The molecule has 1 rings (SSSR count). The van der Waals surface area contributed by atoms with E-state index in [1.54, 1.807) is 0 Å². The number of ketones is 1. The van der Waals surface area contributed by atoms with Crippen molar-refractivity contribution in [1.29, 1.82) is 0 Å². The average molecular weight is 255 g/mol. The number of hydrogen-bond donors (Lipinski definition) is 1. The highest BCUT2D eigenvalue weighted by Crippen LogP contribution is 2.15. The zero-order chi connectivity index (χ0) is 13.1. The smallest absolute Gasteiger partial charge is 0.175 e. The number of rotatable bonds is 5. The topological polar surface area (TPSA) is 77.2 Å². The lowest BCUT2D eigenvalue weighted by Crippen LogP contribution is -2.23. The Morgan fingerprint density at radius 2 is 1.82 bits per heavy atom. The Hall–Kier alpha value is -1.20. The van der Waals surface area contributed by atoms with E-state index < -0.39 is 9.84 Å². The van der Waals surface area contributed by atoms with Crippen molar-refractivity contribution < 1.29 is 13.2 Å². The Balaban J connectivity index is 2.99. The Morgan fingerprint density at radius 3 is 2.18 bits per heavy atom. The first kappa shape index (κ1) is 13.9. The minimum absolute atomic E-state index is 0.0324. The van der Waals surface area contributed by atoms with Crippen LogP contribution >= 0.6 is 0 Å². The fourth-order valence-corrected chi connectivity index (χ4v) is 2.19. The van der Waals surface area contributed by atoms with Crippen molar-refractivity contribution in [2.45, 2.75) is 18.2 Å². The summed E-state index contributed by atoms with van der Waals surface area (Å²) in [5.41, 5.74) is 6.01. The van der Waals surface area contributed by atoms with Crippen LogP contribution < -0.4 is 5.73 Å². The van der Waals surface area contributed by atoms with E-state index in [0.29, 0.717) is 18.5 Å². The summed E-state index contributed by atoms with van der Waals surface area (Å²) in [6.45, 7) is 2.21. The van der Waals surface area contributed by atoms with Gasteiger partial charge in [-0.3, -0.25) is 4.79 Å². The molecule has 0 saturated carbocycles. The molecule has 1 aromatic carbocycles. The molecule has 0 fully saturated rings. The number of carbonyl (C=O) groups excluding carboxylic acids is 1. The van der Waals surface area contributed by atoms with Gasteiger partial charge in [-0.05, 0) is 18.6 Å². The lowest BCUT2D eigenvalue weighted by Gasteiger charge is -2.10. The van der Waals surface area contributed by atoms with Gasteiger partial charge in [0.25, 0.3) is 0 Å². The van der Waals surface area contributed by atoms with Gasteiger partial charge in [-0.1, -0.05) is 19.1 Å². The maximum atomic E-state index is 11.9. The molecule has 1 atom stereocenters. The standard InChI is InChI=1S/C12H17NO3S/c1-3-9(8-13)12(14)10-4-6-11(7-5-10)17(2,15)16/h4-7,9H,3,8,13H2,1-2H3. The molecule has 17 heavy (non-hydrogen) atoms. The van der Waals surface area contributed by atoms with E-state index in [0.717, 1.165) is 6.26 Å². The van der Waals surface area contributed by atoms with E-state index in [1.165, 1.54) is 24.3 Å². The second-order valence-corrected chi connectivity index (χ2v) is 6.02. The Morgan fingerprint density at radius 1 is 1.29 bits per heavy atom. The molecule has 0 amide bonds. The van der Waals surface area contributed by atoms with Crippen LogP contribution in [0.2, 0.25) is 0 Å². The first-order valence-electron chi connectivity index (χ1n) is 5.44. The Bertz CT molecular complexity index is 487. The van der Waals surface area contributed by atoms with Crippen LogP contribution in [0.25, 0.3) is 0 Å². The maximum absolute atomic E-state index is 11.9. The summed E-state index contributed by atoms with van der Waals surface area (Å²) in [5, 5.41) is 0. The van der Waals surface area contributed by atoms with Gasteiger partial charge < -0.3 is 5.73 Å².